The molecule has 1 fully saturated rings. The molecule has 0 bridgehead atoms. The maximum absolute atomic E-state index is 9.29. The first-order valence-corrected chi connectivity index (χ1v) is 6.44. The summed E-state index contributed by atoms with van der Waals surface area (Å²) in [5.74, 6) is 0.651. The molecular weight excluding hydrogens is 266 g/mol. The summed E-state index contributed by atoms with van der Waals surface area (Å²) in [5.41, 5.74) is 2.08. The Morgan fingerprint density at radius 2 is 2.26 bits per heavy atom. The van der Waals surface area contributed by atoms with Crippen LogP contribution < -0.4 is 0 Å². The van der Waals surface area contributed by atoms with Crippen LogP contribution in [0.3, 0.4) is 0 Å². The van der Waals surface area contributed by atoms with E-state index in [9.17, 15) is 5.11 Å². The Kier molecular flexibility index (Phi) is 3.22. The Labute approximate surface area is 115 Å². The van der Waals surface area contributed by atoms with Crippen LogP contribution in [0.5, 0.6) is 0 Å². The smallest absolute Gasteiger partial charge is 0.224 e. The minimum atomic E-state index is -0.184. The van der Waals surface area contributed by atoms with Crippen molar-refractivity contribution in [2.24, 2.45) is 0 Å². The van der Waals surface area contributed by atoms with Crippen LogP contribution in [0.4, 0.5) is 0 Å². The van der Waals surface area contributed by atoms with E-state index in [0.717, 1.165) is 30.9 Å². The third kappa shape index (κ3) is 2.60. The first-order chi connectivity index (χ1) is 9.11. The predicted molar refractivity (Wildman–Crippen MR) is 70.2 cm³/mol. The lowest BCUT2D eigenvalue weighted by atomic mass is 10.1. The summed E-state index contributed by atoms with van der Waals surface area (Å²) in [6.45, 7) is 4.21. The van der Waals surface area contributed by atoms with Crippen LogP contribution in [0.25, 0.3) is 5.82 Å². The topological polar surface area (TPSA) is 67.1 Å². The molecule has 0 atom stereocenters. The highest BCUT2D eigenvalue weighted by Gasteiger charge is 2.25. The van der Waals surface area contributed by atoms with Gasteiger partial charge in [-0.2, -0.15) is 10.1 Å². The number of hydrogen-bond donors (Lipinski definition) is 1. The van der Waals surface area contributed by atoms with Crippen molar-refractivity contribution >= 4 is 11.6 Å². The summed E-state index contributed by atoms with van der Waals surface area (Å²) in [5, 5.41) is 13.9. The third-order valence-corrected chi connectivity index (χ3v) is 3.36. The molecule has 0 saturated carbocycles. The quantitative estimate of drug-likeness (QED) is 0.842. The highest BCUT2D eigenvalue weighted by Crippen LogP contribution is 2.17. The van der Waals surface area contributed by atoms with Crippen molar-refractivity contribution < 1.29 is 5.11 Å². The van der Waals surface area contributed by atoms with Crippen LogP contribution in [0.1, 0.15) is 11.3 Å². The molecule has 0 aromatic carbocycles. The van der Waals surface area contributed by atoms with Gasteiger partial charge in [0.25, 0.3) is 0 Å². The van der Waals surface area contributed by atoms with Crippen LogP contribution in [0.2, 0.25) is 5.28 Å². The standard InChI is InChI=1S/C12H14ClN5O/c1-8-9(4-17-6-10(19)7-17)5-18(16-8)11-2-3-14-12(13)15-11/h2-3,5,10,19H,4,6-7H2,1H3. The summed E-state index contributed by atoms with van der Waals surface area (Å²) >= 11 is 5.77. The van der Waals surface area contributed by atoms with E-state index in [0.29, 0.717) is 5.82 Å². The van der Waals surface area contributed by atoms with Gasteiger partial charge < -0.3 is 5.11 Å². The molecule has 0 amide bonds. The van der Waals surface area contributed by atoms with Gasteiger partial charge in [-0.3, -0.25) is 4.90 Å². The molecule has 0 spiro atoms. The Balaban J connectivity index is 1.81. The van der Waals surface area contributed by atoms with Crippen LogP contribution in [0, 0.1) is 6.92 Å². The Bertz CT molecular complexity index is 594. The lowest BCUT2D eigenvalue weighted by Gasteiger charge is -2.35. The van der Waals surface area contributed by atoms with Gasteiger partial charge in [-0.15, -0.1) is 0 Å². The number of aliphatic hydroxyl groups excluding tert-OH is 1. The molecular formula is C12H14ClN5O. The number of aryl methyl sites for hydroxylation is 1. The zero-order valence-corrected chi connectivity index (χ0v) is 11.2. The SMILES string of the molecule is Cc1nn(-c2ccnc(Cl)n2)cc1CN1CC(O)C1. The summed E-state index contributed by atoms with van der Waals surface area (Å²) in [6.07, 6.45) is 3.36. The van der Waals surface area contributed by atoms with Gasteiger partial charge in [-0.25, -0.2) is 9.67 Å². The lowest BCUT2D eigenvalue weighted by molar-refractivity contribution is -0.00297. The lowest BCUT2D eigenvalue weighted by Crippen LogP contribution is -2.49. The average Bonchev–Trinajstić information content (AvgIpc) is 2.69. The summed E-state index contributed by atoms with van der Waals surface area (Å²) in [4.78, 5) is 10.1. The van der Waals surface area contributed by atoms with Crippen molar-refractivity contribution in [3.05, 3.63) is 35.0 Å². The fourth-order valence-corrected chi connectivity index (χ4v) is 2.28. The van der Waals surface area contributed by atoms with Gasteiger partial charge in [0.15, 0.2) is 5.82 Å². The monoisotopic (exact) mass is 279 g/mol. The first-order valence-electron chi connectivity index (χ1n) is 6.06. The second kappa shape index (κ2) is 4.88. The number of halogens is 1. The van der Waals surface area contributed by atoms with Gasteiger partial charge in [0.1, 0.15) is 0 Å². The van der Waals surface area contributed by atoms with Gasteiger partial charge in [-0.1, -0.05) is 0 Å². The molecule has 3 heterocycles. The normalized spacial score (nSPS) is 16.6. The molecule has 0 radical (unpaired) electrons. The molecule has 2 aromatic rings. The zero-order chi connectivity index (χ0) is 13.4. The van der Waals surface area contributed by atoms with E-state index in [-0.39, 0.29) is 11.4 Å². The van der Waals surface area contributed by atoms with Crippen molar-refractivity contribution in [3.63, 3.8) is 0 Å². The van der Waals surface area contributed by atoms with E-state index in [1.54, 1.807) is 16.9 Å². The van der Waals surface area contributed by atoms with E-state index < -0.39 is 0 Å². The van der Waals surface area contributed by atoms with E-state index in [4.69, 9.17) is 11.6 Å². The number of aromatic nitrogens is 4. The number of hydrogen-bond acceptors (Lipinski definition) is 5. The molecule has 1 N–H and O–H groups in total. The second-order valence-electron chi connectivity index (χ2n) is 4.72. The van der Waals surface area contributed by atoms with Crippen LogP contribution >= 0.6 is 11.6 Å². The van der Waals surface area contributed by atoms with Crippen molar-refractivity contribution in [3.8, 4) is 5.82 Å². The van der Waals surface area contributed by atoms with E-state index in [1.165, 1.54) is 0 Å². The molecule has 3 rings (SSSR count). The van der Waals surface area contributed by atoms with Crippen molar-refractivity contribution in [1.29, 1.82) is 0 Å². The number of rotatable bonds is 3. The number of aliphatic hydroxyl groups is 1. The minimum absolute atomic E-state index is 0.184. The van der Waals surface area contributed by atoms with E-state index in [2.05, 4.69) is 20.0 Å². The molecule has 7 heteroatoms. The Morgan fingerprint density at radius 1 is 1.47 bits per heavy atom. The van der Waals surface area contributed by atoms with Gasteiger partial charge in [0.2, 0.25) is 5.28 Å². The zero-order valence-electron chi connectivity index (χ0n) is 10.5. The molecule has 100 valence electrons. The van der Waals surface area contributed by atoms with Gasteiger partial charge in [0.05, 0.1) is 11.8 Å². The highest BCUT2D eigenvalue weighted by molar-refractivity contribution is 6.28. The fourth-order valence-electron chi connectivity index (χ4n) is 2.13. The number of nitrogens with zero attached hydrogens (tertiary/aromatic N) is 5. The first kappa shape index (κ1) is 12.5. The molecule has 1 aliphatic heterocycles. The third-order valence-electron chi connectivity index (χ3n) is 3.18. The van der Waals surface area contributed by atoms with Crippen LogP contribution in [-0.4, -0.2) is 48.9 Å². The summed E-state index contributed by atoms with van der Waals surface area (Å²) in [6, 6.07) is 1.76. The van der Waals surface area contributed by atoms with Crippen LogP contribution in [0.15, 0.2) is 18.5 Å². The second-order valence-corrected chi connectivity index (χ2v) is 5.05. The number of likely N-dealkylation sites (tertiary alicyclic amines) is 1. The fraction of sp³-hybridized carbons (Fsp3) is 0.417. The van der Waals surface area contributed by atoms with Crippen molar-refractivity contribution in [1.82, 2.24) is 24.6 Å². The highest BCUT2D eigenvalue weighted by atomic mass is 35.5. The molecule has 6 nitrogen and oxygen atoms in total. The molecule has 1 aliphatic rings. The maximum atomic E-state index is 9.29. The van der Waals surface area contributed by atoms with E-state index >= 15 is 0 Å². The predicted octanol–water partition coefficient (Wildman–Crippen LogP) is 0.801. The summed E-state index contributed by atoms with van der Waals surface area (Å²) < 4.78 is 1.70. The molecule has 0 aliphatic carbocycles. The Hall–Kier alpha value is -1.50. The number of β-amino-alcohol motifs (C(OH)–C–C–N with tert-alkyl or cyclic N) is 1. The molecule has 19 heavy (non-hydrogen) atoms. The summed E-state index contributed by atoms with van der Waals surface area (Å²) in [7, 11) is 0. The van der Waals surface area contributed by atoms with Gasteiger partial charge >= 0.3 is 0 Å². The van der Waals surface area contributed by atoms with Crippen molar-refractivity contribution in [2.45, 2.75) is 19.6 Å². The van der Waals surface area contributed by atoms with Gasteiger partial charge in [0, 0.05) is 43.7 Å². The maximum Gasteiger partial charge on any atom is 0.224 e. The van der Waals surface area contributed by atoms with Crippen LogP contribution in [-0.2, 0) is 6.54 Å². The van der Waals surface area contributed by atoms with E-state index in [1.807, 2.05) is 13.1 Å². The molecule has 0 unspecified atom stereocenters. The molecule has 2 aromatic heterocycles. The molecule has 1 saturated heterocycles. The average molecular weight is 280 g/mol. The largest absolute Gasteiger partial charge is 0.390 e. The van der Waals surface area contributed by atoms with Gasteiger partial charge in [-0.05, 0) is 18.5 Å². The minimum Gasteiger partial charge on any atom is -0.390 e. The van der Waals surface area contributed by atoms with Crippen molar-refractivity contribution in [2.75, 3.05) is 13.1 Å². The Morgan fingerprint density at radius 3 is 2.95 bits per heavy atom.